The topological polar surface area (TPSA) is 33.3 Å². The van der Waals surface area contributed by atoms with Crippen LogP contribution in [0.4, 0.5) is 0 Å². The maximum atomic E-state index is 5.57. The van der Waals surface area contributed by atoms with E-state index < -0.39 is 0 Å². The molecule has 0 aromatic heterocycles. The molecule has 18 heavy (non-hydrogen) atoms. The molecule has 0 amide bonds. The molecule has 0 saturated carbocycles. The van der Waals surface area contributed by atoms with Crippen LogP contribution in [-0.4, -0.2) is 27.2 Å². The molecule has 0 fully saturated rings. The monoisotopic (exact) mass is 314 g/mol. The Morgan fingerprint density at radius 1 is 1.06 bits per heavy atom. The lowest BCUT2D eigenvalue weighted by atomic mass is 9.99. The molecular formula is C14H23BrN2O. The molecule has 0 bridgehead atoms. The number of methoxy groups -OCH3 is 1. The van der Waals surface area contributed by atoms with Crippen LogP contribution in [0.3, 0.4) is 0 Å². The largest absolute Gasteiger partial charge is 0.496 e. The Hall–Kier alpha value is -0.580. The summed E-state index contributed by atoms with van der Waals surface area (Å²) >= 11 is 3.67. The molecule has 3 nitrogen and oxygen atoms in total. The van der Waals surface area contributed by atoms with Gasteiger partial charge in [-0.2, -0.15) is 0 Å². The molecule has 1 aromatic rings. The second-order valence-electron chi connectivity index (χ2n) is 4.48. The minimum absolute atomic E-state index is 0.830. The Labute approximate surface area is 118 Å². The van der Waals surface area contributed by atoms with E-state index in [4.69, 9.17) is 4.74 Å². The minimum atomic E-state index is 0.830. The molecule has 102 valence electrons. The van der Waals surface area contributed by atoms with E-state index in [1.165, 1.54) is 26.7 Å². The number of benzene rings is 1. The van der Waals surface area contributed by atoms with Crippen molar-refractivity contribution in [2.45, 2.75) is 27.3 Å². The summed E-state index contributed by atoms with van der Waals surface area (Å²) in [6.07, 6.45) is 0. The summed E-state index contributed by atoms with van der Waals surface area (Å²) in [5, 5.41) is 6.55. The van der Waals surface area contributed by atoms with Gasteiger partial charge < -0.3 is 15.4 Å². The molecule has 0 aliphatic heterocycles. The number of halogens is 1. The summed E-state index contributed by atoms with van der Waals surface area (Å²) in [6.45, 7) is 9.10. The van der Waals surface area contributed by atoms with E-state index in [2.05, 4.69) is 47.3 Å². The third-order valence-electron chi connectivity index (χ3n) is 3.35. The average Bonchev–Trinajstić information content (AvgIpc) is 2.38. The number of ether oxygens (including phenoxy) is 1. The Morgan fingerprint density at radius 2 is 1.72 bits per heavy atom. The fraction of sp³-hybridized carbons (Fsp3) is 0.571. The fourth-order valence-electron chi connectivity index (χ4n) is 2.06. The van der Waals surface area contributed by atoms with Crippen LogP contribution in [0.1, 0.15) is 22.3 Å². The van der Waals surface area contributed by atoms with Gasteiger partial charge in [0, 0.05) is 29.7 Å². The first-order chi connectivity index (χ1) is 8.54. The van der Waals surface area contributed by atoms with Crippen LogP contribution in [-0.2, 0) is 6.54 Å². The highest BCUT2D eigenvalue weighted by molar-refractivity contribution is 9.10. The lowest BCUT2D eigenvalue weighted by Crippen LogP contribution is -2.25. The maximum absolute atomic E-state index is 5.57. The lowest BCUT2D eigenvalue weighted by Gasteiger charge is -2.19. The summed E-state index contributed by atoms with van der Waals surface area (Å²) < 4.78 is 6.76. The van der Waals surface area contributed by atoms with Crippen molar-refractivity contribution in [2.24, 2.45) is 0 Å². The first-order valence-electron chi connectivity index (χ1n) is 6.22. The summed E-state index contributed by atoms with van der Waals surface area (Å²) in [5.74, 6) is 1.00. The standard InChI is InChI=1S/C14H23BrN2O/c1-9-10(2)14(18-5)12(11(3)13(9)15)8-17-7-6-16-4/h16-17H,6-8H2,1-5H3. The SMILES string of the molecule is CNCCNCc1c(C)c(Br)c(C)c(C)c1OC. The van der Waals surface area contributed by atoms with Gasteiger partial charge in [-0.05, 0) is 44.5 Å². The van der Waals surface area contributed by atoms with E-state index >= 15 is 0 Å². The van der Waals surface area contributed by atoms with Crippen molar-refractivity contribution in [2.75, 3.05) is 27.2 Å². The van der Waals surface area contributed by atoms with Crippen molar-refractivity contribution in [3.05, 3.63) is 26.7 Å². The van der Waals surface area contributed by atoms with Crippen LogP contribution in [0.5, 0.6) is 5.75 Å². The van der Waals surface area contributed by atoms with Gasteiger partial charge in [0.2, 0.25) is 0 Å². The van der Waals surface area contributed by atoms with Gasteiger partial charge in [-0.15, -0.1) is 0 Å². The van der Waals surface area contributed by atoms with Crippen molar-refractivity contribution in [1.82, 2.24) is 10.6 Å². The highest BCUT2D eigenvalue weighted by atomic mass is 79.9. The molecule has 0 unspecified atom stereocenters. The predicted octanol–water partition coefficient (Wildman–Crippen LogP) is 2.69. The van der Waals surface area contributed by atoms with Gasteiger partial charge in [-0.1, -0.05) is 15.9 Å². The highest BCUT2D eigenvalue weighted by Gasteiger charge is 2.16. The van der Waals surface area contributed by atoms with Gasteiger partial charge in [-0.3, -0.25) is 0 Å². The van der Waals surface area contributed by atoms with Crippen LogP contribution < -0.4 is 15.4 Å². The van der Waals surface area contributed by atoms with E-state index in [-0.39, 0.29) is 0 Å². The van der Waals surface area contributed by atoms with Gasteiger partial charge in [0.05, 0.1) is 7.11 Å². The molecule has 0 spiro atoms. The van der Waals surface area contributed by atoms with Gasteiger partial charge in [0.25, 0.3) is 0 Å². The van der Waals surface area contributed by atoms with E-state index in [1.807, 2.05) is 7.05 Å². The number of rotatable bonds is 6. The summed E-state index contributed by atoms with van der Waals surface area (Å²) in [4.78, 5) is 0. The van der Waals surface area contributed by atoms with Crippen molar-refractivity contribution >= 4 is 15.9 Å². The van der Waals surface area contributed by atoms with Crippen LogP contribution in [0.25, 0.3) is 0 Å². The summed E-state index contributed by atoms with van der Waals surface area (Å²) in [7, 11) is 3.70. The van der Waals surface area contributed by atoms with E-state index in [0.29, 0.717) is 0 Å². The molecule has 0 atom stereocenters. The molecule has 1 aromatic carbocycles. The second-order valence-corrected chi connectivity index (χ2v) is 5.27. The van der Waals surface area contributed by atoms with Crippen molar-refractivity contribution in [1.29, 1.82) is 0 Å². The van der Waals surface area contributed by atoms with Crippen LogP contribution in [0, 0.1) is 20.8 Å². The fourth-order valence-corrected chi connectivity index (χ4v) is 2.60. The Bertz CT molecular complexity index is 419. The van der Waals surface area contributed by atoms with Crippen LogP contribution in [0.15, 0.2) is 4.47 Å². The summed E-state index contributed by atoms with van der Waals surface area (Å²) in [6, 6.07) is 0. The van der Waals surface area contributed by atoms with Gasteiger partial charge in [0.1, 0.15) is 5.75 Å². The van der Waals surface area contributed by atoms with Gasteiger partial charge in [0.15, 0.2) is 0 Å². The lowest BCUT2D eigenvalue weighted by molar-refractivity contribution is 0.403. The van der Waals surface area contributed by atoms with Crippen LogP contribution >= 0.6 is 15.9 Å². The third-order valence-corrected chi connectivity index (χ3v) is 4.54. The zero-order valence-corrected chi connectivity index (χ0v) is 13.5. The average molecular weight is 315 g/mol. The first-order valence-corrected chi connectivity index (χ1v) is 7.01. The molecule has 0 radical (unpaired) electrons. The molecular weight excluding hydrogens is 292 g/mol. The third kappa shape index (κ3) is 3.25. The zero-order valence-electron chi connectivity index (χ0n) is 11.9. The van der Waals surface area contributed by atoms with E-state index in [9.17, 15) is 0 Å². The van der Waals surface area contributed by atoms with E-state index in [1.54, 1.807) is 7.11 Å². The van der Waals surface area contributed by atoms with Crippen molar-refractivity contribution in [3.8, 4) is 5.75 Å². The Kier molecular flexibility index (Phi) is 6.12. The zero-order chi connectivity index (χ0) is 13.7. The normalized spacial score (nSPS) is 10.8. The molecule has 4 heteroatoms. The van der Waals surface area contributed by atoms with Gasteiger partial charge in [-0.25, -0.2) is 0 Å². The molecule has 2 N–H and O–H groups in total. The Balaban J connectivity index is 3.01. The summed E-state index contributed by atoms with van der Waals surface area (Å²) in [5.41, 5.74) is 4.96. The van der Waals surface area contributed by atoms with Crippen LogP contribution in [0.2, 0.25) is 0 Å². The van der Waals surface area contributed by atoms with E-state index in [0.717, 1.165) is 25.4 Å². The Morgan fingerprint density at radius 3 is 2.28 bits per heavy atom. The molecule has 0 aliphatic carbocycles. The molecule has 0 aliphatic rings. The maximum Gasteiger partial charge on any atom is 0.126 e. The number of nitrogens with one attached hydrogen (secondary N) is 2. The number of likely N-dealkylation sites (N-methyl/N-ethyl adjacent to an activating group) is 1. The molecule has 0 heterocycles. The second kappa shape index (κ2) is 7.12. The molecule has 0 saturated heterocycles. The van der Waals surface area contributed by atoms with Gasteiger partial charge >= 0.3 is 0 Å². The molecule has 1 rings (SSSR count). The first kappa shape index (κ1) is 15.5. The number of hydrogen-bond acceptors (Lipinski definition) is 3. The van der Waals surface area contributed by atoms with Crippen molar-refractivity contribution < 1.29 is 4.74 Å². The number of hydrogen-bond donors (Lipinski definition) is 2. The predicted molar refractivity (Wildman–Crippen MR) is 80.5 cm³/mol. The highest BCUT2D eigenvalue weighted by Crippen LogP contribution is 2.35. The minimum Gasteiger partial charge on any atom is -0.496 e. The quantitative estimate of drug-likeness (QED) is 0.792. The van der Waals surface area contributed by atoms with Crippen molar-refractivity contribution in [3.63, 3.8) is 0 Å². The smallest absolute Gasteiger partial charge is 0.126 e.